The average Bonchev–Trinajstić information content (AvgIpc) is 2.67. The summed E-state index contributed by atoms with van der Waals surface area (Å²) in [6, 6.07) is 0. The van der Waals surface area contributed by atoms with Gasteiger partial charge in [-0.2, -0.15) is 0 Å². The van der Waals surface area contributed by atoms with Crippen molar-refractivity contribution in [3.8, 4) is 0 Å². The average molecular weight is 215 g/mol. The molecule has 0 unspecified atom stereocenters. The van der Waals surface area contributed by atoms with E-state index < -0.39 is 26.5 Å². The van der Waals surface area contributed by atoms with Crippen molar-refractivity contribution in [2.75, 3.05) is 6.61 Å². The lowest BCUT2D eigenvalue weighted by atomic mass is 10.2. The molecule has 0 aliphatic heterocycles. The van der Waals surface area contributed by atoms with E-state index in [1.54, 1.807) is 0 Å². The van der Waals surface area contributed by atoms with Gasteiger partial charge in [0.1, 0.15) is 0 Å². The third-order valence-corrected chi connectivity index (χ3v) is 4.73. The van der Waals surface area contributed by atoms with Crippen molar-refractivity contribution in [1.82, 2.24) is 0 Å². The van der Waals surface area contributed by atoms with Gasteiger partial charge in [-0.25, -0.2) is 8.42 Å². The highest BCUT2D eigenvalue weighted by Crippen LogP contribution is 2.49. The molecule has 0 radical (unpaired) electrons. The van der Waals surface area contributed by atoms with Gasteiger partial charge in [0, 0.05) is 10.7 Å². The number of rotatable bonds is 4. The van der Waals surface area contributed by atoms with Crippen molar-refractivity contribution < 1.29 is 18.6 Å². The zero-order valence-electron chi connectivity index (χ0n) is 6.40. The van der Waals surface area contributed by atoms with Gasteiger partial charge in [-0.15, -0.1) is 0 Å². The maximum atomic E-state index is 10.9. The number of aliphatic hydroxyl groups excluding tert-OH is 2. The molecule has 0 heterocycles. The molecule has 1 aliphatic rings. The van der Waals surface area contributed by atoms with Crippen molar-refractivity contribution in [1.29, 1.82) is 0 Å². The van der Waals surface area contributed by atoms with E-state index in [1.165, 1.54) is 0 Å². The molecule has 0 aromatic carbocycles. The Balaban J connectivity index is 2.63. The first-order valence-corrected chi connectivity index (χ1v) is 5.95. The van der Waals surface area contributed by atoms with Crippen LogP contribution in [0.2, 0.25) is 0 Å². The van der Waals surface area contributed by atoms with Gasteiger partial charge in [-0.1, -0.05) is 0 Å². The molecule has 1 saturated carbocycles. The second-order valence-corrected chi connectivity index (χ2v) is 6.12. The fourth-order valence-electron chi connectivity index (χ4n) is 1.18. The predicted octanol–water partition coefficient (Wildman–Crippen LogP) is -0.169. The van der Waals surface area contributed by atoms with Crippen LogP contribution >= 0.6 is 10.7 Å². The molecule has 0 amide bonds. The zero-order chi connectivity index (χ0) is 9.41. The Kier molecular flexibility index (Phi) is 2.68. The van der Waals surface area contributed by atoms with Crippen molar-refractivity contribution >= 4 is 19.7 Å². The summed E-state index contributed by atoms with van der Waals surface area (Å²) >= 11 is 0. The summed E-state index contributed by atoms with van der Waals surface area (Å²) in [5.41, 5.74) is 0. The van der Waals surface area contributed by atoms with Gasteiger partial charge in [0.05, 0.1) is 17.5 Å². The van der Waals surface area contributed by atoms with E-state index in [1.807, 2.05) is 0 Å². The maximum Gasteiger partial charge on any atom is 0.238 e. The fraction of sp³-hybridized carbons (Fsp3) is 1.00. The Labute approximate surface area is 75.6 Å². The summed E-state index contributed by atoms with van der Waals surface area (Å²) < 4.78 is 20.9. The molecule has 0 bridgehead atoms. The van der Waals surface area contributed by atoms with Gasteiger partial charge in [-0.05, 0) is 19.3 Å². The van der Waals surface area contributed by atoms with Gasteiger partial charge < -0.3 is 10.2 Å². The lowest BCUT2D eigenvalue weighted by molar-refractivity contribution is 0.0859. The molecule has 1 rings (SSSR count). The summed E-state index contributed by atoms with van der Waals surface area (Å²) in [6.07, 6.45) is 0.0159. The Hall–Kier alpha value is 0.160. The van der Waals surface area contributed by atoms with E-state index in [0.717, 1.165) is 0 Å². The molecule has 0 aromatic heterocycles. The summed E-state index contributed by atoms with van der Waals surface area (Å²) in [6.45, 7) is -0.422. The van der Waals surface area contributed by atoms with Gasteiger partial charge in [-0.3, -0.25) is 0 Å². The second kappa shape index (κ2) is 3.14. The van der Waals surface area contributed by atoms with Crippen LogP contribution in [0.1, 0.15) is 19.3 Å². The van der Waals surface area contributed by atoms with Crippen molar-refractivity contribution in [2.45, 2.75) is 30.1 Å². The lowest BCUT2D eigenvalue weighted by Gasteiger charge is -2.13. The first-order valence-electron chi connectivity index (χ1n) is 3.64. The zero-order valence-corrected chi connectivity index (χ0v) is 7.98. The molecule has 0 saturated heterocycles. The quantitative estimate of drug-likeness (QED) is 0.638. The highest BCUT2D eigenvalue weighted by atomic mass is 35.7. The predicted molar refractivity (Wildman–Crippen MR) is 44.4 cm³/mol. The van der Waals surface area contributed by atoms with E-state index >= 15 is 0 Å². The third kappa shape index (κ3) is 1.90. The van der Waals surface area contributed by atoms with Crippen molar-refractivity contribution in [2.24, 2.45) is 0 Å². The molecule has 0 spiro atoms. The SMILES string of the molecule is O=S(=O)(Cl)C1(C[C@@H](O)CO)CC1. The molecule has 0 aromatic rings. The van der Waals surface area contributed by atoms with Crippen LogP contribution in [0.4, 0.5) is 0 Å². The van der Waals surface area contributed by atoms with Crippen LogP contribution in [-0.2, 0) is 9.05 Å². The Morgan fingerprint density at radius 1 is 1.50 bits per heavy atom. The highest BCUT2D eigenvalue weighted by molar-refractivity contribution is 8.15. The molecular weight excluding hydrogens is 204 g/mol. The fourth-order valence-corrected chi connectivity index (χ4v) is 2.81. The first kappa shape index (κ1) is 10.2. The maximum absolute atomic E-state index is 10.9. The van der Waals surface area contributed by atoms with Crippen LogP contribution in [0, 0.1) is 0 Å². The minimum atomic E-state index is -3.60. The summed E-state index contributed by atoms with van der Waals surface area (Å²) in [5, 5.41) is 17.5. The van der Waals surface area contributed by atoms with E-state index in [2.05, 4.69) is 0 Å². The van der Waals surface area contributed by atoms with Crippen molar-refractivity contribution in [3.05, 3.63) is 0 Å². The third-order valence-electron chi connectivity index (χ3n) is 2.14. The summed E-state index contributed by atoms with van der Waals surface area (Å²) in [4.78, 5) is 0. The van der Waals surface area contributed by atoms with Crippen LogP contribution in [0.25, 0.3) is 0 Å². The van der Waals surface area contributed by atoms with E-state index in [0.29, 0.717) is 12.8 Å². The molecule has 1 atom stereocenters. The molecular formula is C6H11ClO4S. The largest absolute Gasteiger partial charge is 0.394 e. The monoisotopic (exact) mass is 214 g/mol. The van der Waals surface area contributed by atoms with E-state index in [-0.39, 0.29) is 6.42 Å². The molecule has 12 heavy (non-hydrogen) atoms. The number of hydrogen-bond acceptors (Lipinski definition) is 4. The Morgan fingerprint density at radius 3 is 2.25 bits per heavy atom. The Bertz CT molecular complexity index is 257. The van der Waals surface area contributed by atoms with Gasteiger partial charge in [0.2, 0.25) is 9.05 Å². The molecule has 4 nitrogen and oxygen atoms in total. The van der Waals surface area contributed by atoms with Gasteiger partial charge in [0.25, 0.3) is 0 Å². The first-order chi connectivity index (χ1) is 5.41. The number of halogens is 1. The standard InChI is InChI=1S/C6H11ClO4S/c7-12(10,11)6(1-2-6)3-5(9)4-8/h5,8-9H,1-4H2/t5-/m1/s1. The van der Waals surface area contributed by atoms with E-state index in [4.69, 9.17) is 20.9 Å². The smallest absolute Gasteiger partial charge is 0.238 e. The van der Waals surface area contributed by atoms with Crippen LogP contribution in [0.15, 0.2) is 0 Å². The van der Waals surface area contributed by atoms with Crippen LogP contribution in [-0.4, -0.2) is 36.1 Å². The lowest BCUT2D eigenvalue weighted by Crippen LogP contribution is -2.26. The second-order valence-electron chi connectivity index (χ2n) is 3.16. The van der Waals surface area contributed by atoms with Crippen LogP contribution in [0.3, 0.4) is 0 Å². The molecule has 72 valence electrons. The molecule has 6 heteroatoms. The van der Waals surface area contributed by atoms with Crippen molar-refractivity contribution in [3.63, 3.8) is 0 Å². The van der Waals surface area contributed by atoms with Gasteiger partial charge >= 0.3 is 0 Å². The molecule has 2 N–H and O–H groups in total. The highest BCUT2D eigenvalue weighted by Gasteiger charge is 2.54. The van der Waals surface area contributed by atoms with E-state index in [9.17, 15) is 8.42 Å². The topological polar surface area (TPSA) is 74.6 Å². The van der Waals surface area contributed by atoms with Gasteiger partial charge in [0.15, 0.2) is 0 Å². The molecule has 1 aliphatic carbocycles. The minimum Gasteiger partial charge on any atom is -0.394 e. The normalized spacial score (nSPS) is 23.6. The van der Waals surface area contributed by atoms with Crippen LogP contribution < -0.4 is 0 Å². The number of hydrogen-bond donors (Lipinski definition) is 2. The minimum absolute atomic E-state index is 0.0370. The summed E-state index contributed by atoms with van der Waals surface area (Å²) in [7, 11) is 1.57. The Morgan fingerprint density at radius 2 is 2.00 bits per heavy atom. The summed E-state index contributed by atoms with van der Waals surface area (Å²) in [5.74, 6) is 0. The number of aliphatic hydroxyl groups is 2. The molecule has 1 fully saturated rings. The van der Waals surface area contributed by atoms with Crippen LogP contribution in [0.5, 0.6) is 0 Å².